The number of esters is 1. The zero-order valence-electron chi connectivity index (χ0n) is 20.3. The van der Waals surface area contributed by atoms with E-state index < -0.39 is 29.7 Å². The minimum absolute atomic E-state index is 0.0390. The highest BCUT2D eigenvalue weighted by molar-refractivity contribution is 5.77. The molecule has 1 aromatic carbocycles. The van der Waals surface area contributed by atoms with Gasteiger partial charge in [0, 0.05) is 7.11 Å². The molecule has 14 heteroatoms. The zero-order chi connectivity index (χ0) is 27.8. The lowest BCUT2D eigenvalue weighted by molar-refractivity contribution is -0.459. The number of carboxylic acids is 1. The smallest absolute Gasteiger partial charge is 0.508 e. The van der Waals surface area contributed by atoms with Crippen LogP contribution in [0.15, 0.2) is 24.3 Å². The Morgan fingerprint density at radius 1 is 1.00 bits per heavy atom. The van der Waals surface area contributed by atoms with Crippen LogP contribution in [0.1, 0.15) is 30.9 Å². The molecule has 0 bridgehead atoms. The summed E-state index contributed by atoms with van der Waals surface area (Å²) >= 11 is 0. The molecule has 0 aliphatic carbocycles. The number of unbranched alkanes of at least 4 members (excludes halogenated alkanes) is 1. The van der Waals surface area contributed by atoms with Crippen molar-refractivity contribution in [3.63, 3.8) is 0 Å². The summed E-state index contributed by atoms with van der Waals surface area (Å²) in [5.74, 6) is -3.36. The van der Waals surface area contributed by atoms with E-state index in [4.69, 9.17) is 40.3 Å². The molecule has 0 amide bonds. The number of guanidine groups is 1. The van der Waals surface area contributed by atoms with E-state index in [1.165, 1.54) is 7.11 Å². The first kappa shape index (κ1) is 32.5. The number of halogens is 3. The number of methoxy groups -OCH3 is 1. The molecule has 0 radical (unpaired) electrons. The largest absolute Gasteiger partial charge is 0.542 e. The second kappa shape index (κ2) is 16.2. The number of alkyl halides is 3. The molecule has 204 valence electrons. The van der Waals surface area contributed by atoms with E-state index in [9.17, 15) is 22.8 Å². The maximum Gasteiger partial charge on any atom is 0.508 e. The van der Waals surface area contributed by atoms with Crippen molar-refractivity contribution in [2.45, 2.75) is 39.5 Å². The SMILES string of the molecule is COCC(C)(COC(=O)OCc1ccc(C)cc1)C(=O)OCCCC[NH+]=C(N)N.O=C([O-])C(F)(F)F. The van der Waals surface area contributed by atoms with Crippen LogP contribution in [0.5, 0.6) is 0 Å². The Kier molecular flexibility index (Phi) is 14.6. The van der Waals surface area contributed by atoms with Gasteiger partial charge in [-0.05, 0) is 32.3 Å². The predicted octanol–water partition coefficient (Wildman–Crippen LogP) is -0.723. The standard InChI is InChI=1S/C20H31N3O6.C2HF3O2/c1-15-6-8-16(9-7-15)12-28-19(25)29-14-20(2,13-26-3)17(24)27-11-5-4-10-23-18(21)22;3-2(4,5)1(6)7/h6-9H,4-5,10-14H2,1-3H3,(H4,21,22,23);(H,6,7). The quantitative estimate of drug-likeness (QED) is 0.137. The van der Waals surface area contributed by atoms with E-state index in [2.05, 4.69) is 4.99 Å². The van der Waals surface area contributed by atoms with Crippen molar-refractivity contribution < 1.29 is 56.6 Å². The molecule has 0 aromatic heterocycles. The molecule has 1 atom stereocenters. The number of nitrogens with two attached hydrogens (primary N) is 2. The van der Waals surface area contributed by atoms with Crippen LogP contribution in [0.25, 0.3) is 0 Å². The van der Waals surface area contributed by atoms with Crippen molar-refractivity contribution in [3.05, 3.63) is 35.4 Å². The summed E-state index contributed by atoms with van der Waals surface area (Å²) in [6.45, 7) is 4.30. The van der Waals surface area contributed by atoms with Gasteiger partial charge in [0.2, 0.25) is 0 Å². The van der Waals surface area contributed by atoms with E-state index in [0.29, 0.717) is 13.0 Å². The summed E-state index contributed by atoms with van der Waals surface area (Å²) in [4.78, 5) is 35.9. The highest BCUT2D eigenvalue weighted by Gasteiger charge is 2.37. The average Bonchev–Trinajstić information content (AvgIpc) is 2.79. The Bertz CT molecular complexity index is 859. The van der Waals surface area contributed by atoms with Gasteiger partial charge in [-0.15, -0.1) is 0 Å². The Morgan fingerprint density at radius 2 is 1.58 bits per heavy atom. The molecular formula is C22H32F3N3O8. The van der Waals surface area contributed by atoms with E-state index >= 15 is 0 Å². The van der Waals surface area contributed by atoms with Crippen molar-refractivity contribution >= 4 is 24.1 Å². The van der Waals surface area contributed by atoms with E-state index in [0.717, 1.165) is 17.5 Å². The third-order valence-electron chi connectivity index (χ3n) is 4.31. The predicted molar refractivity (Wildman–Crippen MR) is 118 cm³/mol. The van der Waals surface area contributed by atoms with Gasteiger partial charge >= 0.3 is 24.3 Å². The van der Waals surface area contributed by atoms with Crippen molar-refractivity contribution in [2.75, 3.05) is 33.5 Å². The monoisotopic (exact) mass is 523 g/mol. The Labute approximate surface area is 206 Å². The molecule has 1 unspecified atom stereocenters. The van der Waals surface area contributed by atoms with Crippen LogP contribution < -0.4 is 21.6 Å². The van der Waals surface area contributed by atoms with Crippen LogP contribution >= 0.6 is 0 Å². The molecule has 36 heavy (non-hydrogen) atoms. The highest BCUT2D eigenvalue weighted by Crippen LogP contribution is 2.20. The number of nitrogens with one attached hydrogen (secondary N) is 1. The first-order valence-corrected chi connectivity index (χ1v) is 10.6. The van der Waals surface area contributed by atoms with Crippen LogP contribution in [0.4, 0.5) is 18.0 Å². The first-order valence-electron chi connectivity index (χ1n) is 10.6. The Hall–Kier alpha value is -3.55. The van der Waals surface area contributed by atoms with Gasteiger partial charge in [0.25, 0.3) is 0 Å². The topological polar surface area (TPSA) is 177 Å². The van der Waals surface area contributed by atoms with Crippen molar-refractivity contribution in [2.24, 2.45) is 16.9 Å². The molecule has 0 fully saturated rings. The van der Waals surface area contributed by atoms with Crippen LogP contribution in [0.3, 0.4) is 0 Å². The van der Waals surface area contributed by atoms with Gasteiger partial charge in [0.1, 0.15) is 24.6 Å². The Morgan fingerprint density at radius 3 is 2.08 bits per heavy atom. The summed E-state index contributed by atoms with van der Waals surface area (Å²) in [6, 6.07) is 7.58. The zero-order valence-corrected chi connectivity index (χ0v) is 20.3. The van der Waals surface area contributed by atoms with Crippen molar-refractivity contribution in [1.29, 1.82) is 0 Å². The number of carbonyl (C=O) groups is 3. The molecule has 0 saturated heterocycles. The molecule has 11 nitrogen and oxygen atoms in total. The van der Waals surface area contributed by atoms with Gasteiger partial charge < -0.3 is 28.8 Å². The number of aliphatic carboxylic acids is 1. The van der Waals surface area contributed by atoms with Crippen molar-refractivity contribution in [3.8, 4) is 0 Å². The maximum absolute atomic E-state index is 12.4. The third-order valence-corrected chi connectivity index (χ3v) is 4.31. The van der Waals surface area contributed by atoms with Gasteiger partial charge in [-0.1, -0.05) is 29.8 Å². The molecular weight excluding hydrogens is 491 g/mol. The molecule has 0 saturated carbocycles. The second-order valence-electron chi connectivity index (χ2n) is 7.82. The van der Waals surface area contributed by atoms with Gasteiger partial charge in [-0.25, -0.2) is 4.79 Å². The summed E-state index contributed by atoms with van der Waals surface area (Å²) < 4.78 is 52.1. The molecule has 0 spiro atoms. The highest BCUT2D eigenvalue weighted by atomic mass is 19.4. The van der Waals surface area contributed by atoms with E-state index in [1.54, 1.807) is 6.92 Å². The van der Waals surface area contributed by atoms with Crippen LogP contribution in [0.2, 0.25) is 0 Å². The second-order valence-corrected chi connectivity index (χ2v) is 7.82. The van der Waals surface area contributed by atoms with Crippen LogP contribution in [-0.2, 0) is 35.1 Å². The summed E-state index contributed by atoms with van der Waals surface area (Å²) in [7, 11) is 1.46. The molecule has 5 N–H and O–H groups in total. The fraction of sp³-hybridized carbons (Fsp3) is 0.545. The lowest BCUT2D eigenvalue weighted by atomic mass is 9.93. The maximum atomic E-state index is 12.4. The van der Waals surface area contributed by atoms with Crippen LogP contribution in [0, 0.1) is 12.3 Å². The Balaban J connectivity index is 0.00000152. The number of ether oxygens (including phenoxy) is 4. The minimum atomic E-state index is -5.19. The molecule has 0 aliphatic heterocycles. The number of benzene rings is 1. The van der Waals surface area contributed by atoms with Crippen LogP contribution in [-0.4, -0.2) is 63.7 Å². The van der Waals surface area contributed by atoms with E-state index in [-0.39, 0.29) is 32.4 Å². The van der Waals surface area contributed by atoms with Gasteiger partial charge in [0.15, 0.2) is 0 Å². The normalized spacial score (nSPS) is 12.3. The summed E-state index contributed by atoms with van der Waals surface area (Å²) in [5, 5.41) is 8.78. The third kappa shape index (κ3) is 14.7. The molecule has 1 aromatic rings. The number of rotatable bonds is 12. The number of aryl methyl sites for hydroxylation is 1. The van der Waals surface area contributed by atoms with Gasteiger partial charge in [-0.3, -0.25) is 21.3 Å². The molecule has 0 heterocycles. The number of carbonyl (C=O) groups excluding carboxylic acids is 3. The first-order chi connectivity index (χ1) is 16.7. The summed E-state index contributed by atoms with van der Waals surface area (Å²) in [5.41, 5.74) is 11.4. The van der Waals surface area contributed by atoms with Gasteiger partial charge in [0.05, 0.1) is 19.8 Å². The minimum Gasteiger partial charge on any atom is -0.542 e. The van der Waals surface area contributed by atoms with E-state index in [1.807, 2.05) is 31.2 Å². The van der Waals surface area contributed by atoms with Gasteiger partial charge in [-0.2, -0.15) is 13.2 Å². The number of hydrogen-bond donors (Lipinski definition) is 3. The fourth-order valence-electron chi connectivity index (χ4n) is 2.36. The molecule has 0 aliphatic rings. The lowest BCUT2D eigenvalue weighted by Gasteiger charge is -2.25. The fourth-order valence-corrected chi connectivity index (χ4v) is 2.36. The average molecular weight is 524 g/mol. The lowest BCUT2D eigenvalue weighted by Crippen LogP contribution is -2.78. The molecule has 1 rings (SSSR count). The number of hydrogen-bond acceptors (Lipinski definition) is 8. The summed E-state index contributed by atoms with van der Waals surface area (Å²) in [6.07, 6.45) is -4.69. The number of carboxylic acid groups (broad SMARTS) is 1. The van der Waals surface area contributed by atoms with Crippen molar-refractivity contribution in [1.82, 2.24) is 0 Å².